The number of rotatable bonds is 8. The molecule has 5 aromatic rings. The highest BCUT2D eigenvalue weighted by Crippen LogP contribution is 2.30. The van der Waals surface area contributed by atoms with Crippen molar-refractivity contribution in [1.29, 1.82) is 0 Å². The fraction of sp³-hybridized carbons (Fsp3) is 0.276. The number of hydrogen-bond donors (Lipinski definition) is 1. The number of fused-ring (bicyclic) bond motifs is 1. The Morgan fingerprint density at radius 2 is 2.00 bits per heavy atom. The monoisotopic (exact) mass is 556 g/mol. The van der Waals surface area contributed by atoms with E-state index in [1.54, 1.807) is 30.4 Å². The number of ether oxygens (including phenoxy) is 1. The van der Waals surface area contributed by atoms with E-state index in [0.29, 0.717) is 48.3 Å². The molecule has 0 unspecified atom stereocenters. The lowest BCUT2D eigenvalue weighted by molar-refractivity contribution is -0.124. The average molecular weight is 557 g/mol. The molecule has 1 fully saturated rings. The first kappa shape index (κ1) is 25.9. The van der Waals surface area contributed by atoms with E-state index in [0.717, 1.165) is 34.5 Å². The van der Waals surface area contributed by atoms with Gasteiger partial charge in [-0.25, -0.2) is 9.97 Å². The van der Waals surface area contributed by atoms with E-state index < -0.39 is 0 Å². The number of pyridine rings is 1. The molecular formula is C29H28N6O4S. The first-order valence-electron chi connectivity index (χ1n) is 13.1. The first-order valence-corrected chi connectivity index (χ1v) is 13.9. The van der Waals surface area contributed by atoms with Crippen LogP contribution in [0.3, 0.4) is 0 Å². The van der Waals surface area contributed by atoms with Crippen LogP contribution in [0.5, 0.6) is 0 Å². The second kappa shape index (κ2) is 11.4. The highest BCUT2D eigenvalue weighted by atomic mass is 32.1. The van der Waals surface area contributed by atoms with Gasteiger partial charge in [-0.3, -0.25) is 19.9 Å². The number of hydrogen-bond acceptors (Lipinski definition) is 8. The van der Waals surface area contributed by atoms with Crippen LogP contribution in [0, 0.1) is 5.92 Å². The van der Waals surface area contributed by atoms with Gasteiger partial charge in [0, 0.05) is 50.8 Å². The van der Waals surface area contributed by atoms with E-state index in [4.69, 9.17) is 14.1 Å². The molecule has 1 aromatic carbocycles. The molecule has 11 heteroatoms. The van der Waals surface area contributed by atoms with Crippen molar-refractivity contribution < 1.29 is 18.7 Å². The molecule has 1 N–H and O–H groups in total. The third kappa shape index (κ3) is 5.38. The molecule has 1 aliphatic heterocycles. The molecular weight excluding hydrogens is 528 g/mol. The maximum absolute atomic E-state index is 13.3. The van der Waals surface area contributed by atoms with E-state index in [-0.39, 0.29) is 17.7 Å². The first-order chi connectivity index (χ1) is 19.6. The maximum atomic E-state index is 13.3. The molecule has 0 atom stereocenters. The van der Waals surface area contributed by atoms with Crippen LogP contribution in [0.2, 0.25) is 0 Å². The van der Waals surface area contributed by atoms with Crippen molar-refractivity contribution in [3.63, 3.8) is 0 Å². The molecule has 0 aliphatic carbocycles. The van der Waals surface area contributed by atoms with Crippen LogP contribution in [-0.4, -0.2) is 51.6 Å². The highest BCUT2D eigenvalue weighted by molar-refractivity contribution is 7.17. The average Bonchev–Trinajstić information content (AvgIpc) is 3.76. The lowest BCUT2D eigenvalue weighted by Gasteiger charge is -2.26. The van der Waals surface area contributed by atoms with Gasteiger partial charge in [0.25, 0.3) is 5.91 Å². The fourth-order valence-electron chi connectivity index (χ4n) is 4.87. The minimum Gasteiger partial charge on any atom is -0.443 e. The summed E-state index contributed by atoms with van der Waals surface area (Å²) in [6.07, 6.45) is 8.73. The normalized spacial score (nSPS) is 13.9. The summed E-state index contributed by atoms with van der Waals surface area (Å²) in [6.45, 7) is 1.80. The number of aromatic nitrogens is 4. The van der Waals surface area contributed by atoms with E-state index in [2.05, 4.69) is 15.3 Å². The summed E-state index contributed by atoms with van der Waals surface area (Å²) in [6, 6.07) is 13.3. The van der Waals surface area contributed by atoms with Crippen LogP contribution < -0.4 is 10.2 Å². The number of nitrogens with one attached hydrogen (secondary N) is 1. The Kier molecular flexibility index (Phi) is 7.39. The zero-order valence-corrected chi connectivity index (χ0v) is 22.8. The molecule has 1 saturated heterocycles. The fourth-order valence-corrected chi connectivity index (χ4v) is 5.73. The Bertz CT molecular complexity index is 1620. The number of carbonyl (C=O) groups excluding carboxylic acids is 2. The van der Waals surface area contributed by atoms with Crippen molar-refractivity contribution in [2.45, 2.75) is 25.8 Å². The molecule has 204 valence electrons. The van der Waals surface area contributed by atoms with Gasteiger partial charge in [0.05, 0.1) is 27.0 Å². The Morgan fingerprint density at radius 1 is 1.12 bits per heavy atom. The van der Waals surface area contributed by atoms with E-state index in [1.165, 1.54) is 17.7 Å². The topological polar surface area (TPSA) is 115 Å². The van der Waals surface area contributed by atoms with Crippen LogP contribution >= 0.6 is 11.3 Å². The molecule has 0 saturated carbocycles. The number of oxazole rings is 1. The second-order valence-electron chi connectivity index (χ2n) is 9.64. The zero-order chi connectivity index (χ0) is 27.5. The molecule has 1 aliphatic rings. The van der Waals surface area contributed by atoms with Gasteiger partial charge in [-0.15, -0.1) is 11.3 Å². The summed E-state index contributed by atoms with van der Waals surface area (Å²) >= 11 is 1.32. The van der Waals surface area contributed by atoms with Gasteiger partial charge in [-0.2, -0.15) is 0 Å². The molecule has 40 heavy (non-hydrogen) atoms. The van der Waals surface area contributed by atoms with Crippen molar-refractivity contribution in [1.82, 2.24) is 19.5 Å². The van der Waals surface area contributed by atoms with E-state index in [1.807, 2.05) is 47.2 Å². The molecule has 5 heterocycles. The molecule has 0 spiro atoms. The number of thiophene rings is 1. The minimum atomic E-state index is -0.263. The van der Waals surface area contributed by atoms with Crippen molar-refractivity contribution >= 4 is 45.8 Å². The molecule has 2 amide bonds. The number of benzene rings is 1. The Labute approximate surface area is 234 Å². The van der Waals surface area contributed by atoms with Crippen molar-refractivity contribution in [3.8, 4) is 10.6 Å². The minimum absolute atomic E-state index is 0.0472. The number of amides is 2. The predicted octanol–water partition coefficient (Wildman–Crippen LogP) is 5.03. The van der Waals surface area contributed by atoms with Gasteiger partial charge >= 0.3 is 0 Å². The summed E-state index contributed by atoms with van der Waals surface area (Å²) in [4.78, 5) is 42.4. The summed E-state index contributed by atoms with van der Waals surface area (Å²) in [5, 5.41) is 3.00. The van der Waals surface area contributed by atoms with Crippen molar-refractivity contribution in [3.05, 3.63) is 77.9 Å². The Morgan fingerprint density at radius 3 is 2.77 bits per heavy atom. The number of imidazole rings is 1. The van der Waals surface area contributed by atoms with Crippen LogP contribution in [-0.2, 0) is 22.5 Å². The largest absolute Gasteiger partial charge is 0.443 e. The van der Waals surface area contributed by atoms with Crippen LogP contribution in [0.15, 0.2) is 71.9 Å². The quantitative estimate of drug-likeness (QED) is 0.285. The Balaban J connectivity index is 1.29. The number of aryl methyl sites for hydroxylation is 2. The third-order valence-electron chi connectivity index (χ3n) is 7.10. The summed E-state index contributed by atoms with van der Waals surface area (Å²) in [5.74, 6) is 0.816. The number of nitrogens with zero attached hydrogens (tertiary/aromatic N) is 5. The van der Waals surface area contributed by atoms with Gasteiger partial charge in [0.15, 0.2) is 12.2 Å². The molecule has 0 radical (unpaired) electrons. The summed E-state index contributed by atoms with van der Waals surface area (Å²) < 4.78 is 12.8. The smallest absolute Gasteiger partial charge is 0.268 e. The Hall–Kier alpha value is -4.35. The van der Waals surface area contributed by atoms with Gasteiger partial charge in [-0.05, 0) is 61.2 Å². The predicted molar refractivity (Wildman–Crippen MR) is 152 cm³/mol. The van der Waals surface area contributed by atoms with Gasteiger partial charge < -0.3 is 18.6 Å². The third-order valence-corrected chi connectivity index (χ3v) is 8.20. The van der Waals surface area contributed by atoms with Gasteiger partial charge in [0.2, 0.25) is 11.9 Å². The molecule has 6 rings (SSSR count). The summed E-state index contributed by atoms with van der Waals surface area (Å²) in [7, 11) is 1.80. The van der Waals surface area contributed by atoms with Crippen LogP contribution in [0.4, 0.5) is 11.6 Å². The van der Waals surface area contributed by atoms with Crippen LogP contribution in [0.25, 0.3) is 21.7 Å². The van der Waals surface area contributed by atoms with Crippen molar-refractivity contribution in [2.75, 3.05) is 30.5 Å². The second-order valence-corrected chi connectivity index (χ2v) is 10.7. The van der Waals surface area contributed by atoms with Gasteiger partial charge in [-0.1, -0.05) is 6.07 Å². The highest BCUT2D eigenvalue weighted by Gasteiger charge is 2.26. The maximum Gasteiger partial charge on any atom is 0.268 e. The number of carbonyl (C=O) groups is 2. The van der Waals surface area contributed by atoms with Crippen LogP contribution in [0.1, 0.15) is 28.1 Å². The lowest BCUT2D eigenvalue weighted by atomic mass is 9.98. The zero-order valence-electron chi connectivity index (χ0n) is 21.9. The van der Waals surface area contributed by atoms with E-state index >= 15 is 0 Å². The lowest BCUT2D eigenvalue weighted by Crippen LogP contribution is -2.35. The standard InChI is InChI=1S/C29H28N6O4S/c1-34(28(37)20-9-13-38-14-10-20)21-4-5-23-22(15-21)32-29(35(23)12-8-19-3-2-11-30-16-19)33-27(36)26-7-6-25(40-26)24-17-31-18-39-24/h2-7,11,15-18,20H,8-10,12-14H2,1H3,(H,32,33,36). The van der Waals surface area contributed by atoms with E-state index in [9.17, 15) is 9.59 Å². The van der Waals surface area contributed by atoms with Gasteiger partial charge in [0.1, 0.15) is 0 Å². The SMILES string of the molecule is CN(C(=O)C1CCOCC1)c1ccc2c(c1)nc(NC(=O)c1ccc(-c3cnco3)s1)n2CCc1cccnc1. The number of anilines is 2. The summed E-state index contributed by atoms with van der Waals surface area (Å²) in [5.41, 5.74) is 3.39. The molecule has 10 nitrogen and oxygen atoms in total. The molecule has 4 aromatic heterocycles. The molecule has 0 bridgehead atoms. The van der Waals surface area contributed by atoms with Crippen molar-refractivity contribution in [2.24, 2.45) is 5.92 Å².